The van der Waals surface area contributed by atoms with Crippen LogP contribution < -0.4 is 10.1 Å². The fourth-order valence-corrected chi connectivity index (χ4v) is 3.39. The number of carbonyl (C=O) groups excluding carboxylic acids is 1. The van der Waals surface area contributed by atoms with Gasteiger partial charge in [-0.2, -0.15) is 0 Å². The Morgan fingerprint density at radius 3 is 2.48 bits per heavy atom. The van der Waals surface area contributed by atoms with Gasteiger partial charge in [-0.15, -0.1) is 0 Å². The molecule has 33 heavy (non-hydrogen) atoms. The number of nitrogens with zero attached hydrogens (tertiary/aromatic N) is 1. The summed E-state index contributed by atoms with van der Waals surface area (Å²) < 4.78 is 19.7. The third kappa shape index (κ3) is 5.72. The summed E-state index contributed by atoms with van der Waals surface area (Å²) in [6, 6.07) is 14.7. The van der Waals surface area contributed by atoms with E-state index in [1.54, 1.807) is 50.2 Å². The lowest BCUT2D eigenvalue weighted by molar-refractivity contribution is -0.137. The Morgan fingerprint density at radius 2 is 1.85 bits per heavy atom. The number of hydrogen-bond acceptors (Lipinski definition) is 5. The molecule has 1 amide bonds. The highest BCUT2D eigenvalue weighted by atomic mass is 19.1. The van der Waals surface area contributed by atoms with Crippen molar-refractivity contribution in [3.8, 4) is 17.0 Å². The number of carboxylic acid groups (broad SMARTS) is 1. The number of ether oxygens (including phenoxy) is 1. The summed E-state index contributed by atoms with van der Waals surface area (Å²) in [4.78, 5) is 28.7. The van der Waals surface area contributed by atoms with Gasteiger partial charge < -0.3 is 20.3 Å². The minimum atomic E-state index is -1.18. The molecule has 3 N–H and O–H groups in total. The topological polar surface area (TPSA) is 109 Å². The van der Waals surface area contributed by atoms with Crippen molar-refractivity contribution in [2.45, 2.75) is 31.9 Å². The fourth-order valence-electron chi connectivity index (χ4n) is 3.39. The number of pyridine rings is 1. The molecule has 0 saturated heterocycles. The molecule has 3 aromatic rings. The minimum absolute atomic E-state index is 0.00573. The highest BCUT2D eigenvalue weighted by Crippen LogP contribution is 2.31. The van der Waals surface area contributed by atoms with E-state index in [9.17, 15) is 24.2 Å². The Balaban J connectivity index is 1.97. The largest absolute Gasteiger partial charge is 0.494 e. The average molecular weight is 452 g/mol. The Labute approximate surface area is 190 Å². The third-order valence-corrected chi connectivity index (χ3v) is 5.12. The molecule has 0 aliphatic heterocycles. The number of methoxy groups -OCH3 is 1. The molecule has 1 aromatic heterocycles. The number of nitrogens with one attached hydrogen (secondary N) is 1. The lowest BCUT2D eigenvalue weighted by atomic mass is 9.95. The van der Waals surface area contributed by atoms with E-state index in [2.05, 4.69) is 10.3 Å². The van der Waals surface area contributed by atoms with E-state index in [0.717, 1.165) is 0 Å². The number of aromatic nitrogens is 1. The van der Waals surface area contributed by atoms with Crippen LogP contribution in [-0.2, 0) is 10.4 Å². The van der Waals surface area contributed by atoms with Crippen molar-refractivity contribution in [3.63, 3.8) is 0 Å². The van der Waals surface area contributed by atoms with E-state index in [-0.39, 0.29) is 11.3 Å². The van der Waals surface area contributed by atoms with Gasteiger partial charge in [0.1, 0.15) is 23.0 Å². The van der Waals surface area contributed by atoms with Gasteiger partial charge in [-0.25, -0.2) is 9.37 Å². The third-order valence-electron chi connectivity index (χ3n) is 5.12. The maximum Gasteiger partial charge on any atom is 0.305 e. The highest BCUT2D eigenvalue weighted by molar-refractivity contribution is 5.93. The molecule has 0 aliphatic carbocycles. The van der Waals surface area contributed by atoms with E-state index in [4.69, 9.17) is 4.74 Å². The van der Waals surface area contributed by atoms with Crippen LogP contribution in [-0.4, -0.2) is 34.2 Å². The Bertz CT molecular complexity index is 1170. The molecule has 1 unspecified atom stereocenters. The summed E-state index contributed by atoms with van der Waals surface area (Å²) in [5.74, 6) is -2.05. The van der Waals surface area contributed by atoms with Crippen molar-refractivity contribution in [2.24, 2.45) is 0 Å². The monoisotopic (exact) mass is 452 g/mol. The molecule has 1 atom stereocenters. The van der Waals surface area contributed by atoms with Crippen LogP contribution in [0.1, 0.15) is 47.9 Å². The number of hydrogen-bond donors (Lipinski definition) is 3. The molecule has 2 aromatic carbocycles. The summed E-state index contributed by atoms with van der Waals surface area (Å²) in [6.07, 6.45) is -0.497. The summed E-state index contributed by atoms with van der Waals surface area (Å²) in [7, 11) is 1.47. The molecule has 0 saturated carbocycles. The Kier molecular flexibility index (Phi) is 7.08. The van der Waals surface area contributed by atoms with E-state index >= 15 is 0 Å². The first-order valence-corrected chi connectivity index (χ1v) is 10.3. The summed E-state index contributed by atoms with van der Waals surface area (Å²) in [6.45, 7) is 3.32. The molecule has 8 heteroatoms. The van der Waals surface area contributed by atoms with Gasteiger partial charge in [0.25, 0.3) is 5.91 Å². The van der Waals surface area contributed by atoms with Gasteiger partial charge in [0, 0.05) is 11.1 Å². The van der Waals surface area contributed by atoms with Crippen molar-refractivity contribution in [1.29, 1.82) is 0 Å². The van der Waals surface area contributed by atoms with Gasteiger partial charge in [-0.1, -0.05) is 36.4 Å². The molecular formula is C25H25FN2O5. The molecule has 0 aliphatic rings. The standard InChI is InChI=1S/C25H25FN2O5/c1-25(2,32)16-8-6-7-15(13-16)23-21(33-3)12-11-19(27-23)24(31)28-20(14-22(29)30)17-9-4-5-10-18(17)26/h4-13,20,32H,14H2,1-3H3,(H,28,31)(H,29,30). The van der Waals surface area contributed by atoms with Gasteiger partial charge >= 0.3 is 5.97 Å². The maximum atomic E-state index is 14.3. The molecule has 3 rings (SSSR count). The predicted molar refractivity (Wildman–Crippen MR) is 120 cm³/mol. The molecule has 0 radical (unpaired) electrons. The van der Waals surface area contributed by atoms with Crippen LogP contribution in [0.25, 0.3) is 11.3 Å². The fraction of sp³-hybridized carbons (Fsp3) is 0.240. The molecular weight excluding hydrogens is 427 g/mol. The average Bonchev–Trinajstić information content (AvgIpc) is 2.77. The van der Waals surface area contributed by atoms with Crippen molar-refractivity contribution in [1.82, 2.24) is 10.3 Å². The first-order chi connectivity index (χ1) is 15.6. The zero-order chi connectivity index (χ0) is 24.2. The number of halogens is 1. The van der Waals surface area contributed by atoms with Crippen molar-refractivity contribution in [3.05, 3.63) is 83.3 Å². The molecule has 0 fully saturated rings. The van der Waals surface area contributed by atoms with Crippen LogP contribution in [0.5, 0.6) is 5.75 Å². The molecule has 1 heterocycles. The SMILES string of the molecule is COc1ccc(C(=O)NC(CC(=O)O)c2ccccc2F)nc1-c1cccc(C(C)(C)O)c1. The van der Waals surface area contributed by atoms with E-state index in [1.807, 2.05) is 0 Å². The zero-order valence-electron chi connectivity index (χ0n) is 18.5. The molecule has 0 spiro atoms. The predicted octanol–water partition coefficient (Wildman–Crippen LogP) is 4.07. The van der Waals surface area contributed by atoms with Crippen molar-refractivity contribution in [2.75, 3.05) is 7.11 Å². The number of aliphatic carboxylic acids is 1. The Morgan fingerprint density at radius 1 is 1.12 bits per heavy atom. The van der Waals surface area contributed by atoms with Crippen LogP contribution in [0.4, 0.5) is 4.39 Å². The van der Waals surface area contributed by atoms with E-state index < -0.39 is 35.8 Å². The second kappa shape index (κ2) is 9.79. The number of rotatable bonds is 8. The van der Waals surface area contributed by atoms with Crippen LogP contribution in [0.15, 0.2) is 60.7 Å². The van der Waals surface area contributed by atoms with E-state index in [0.29, 0.717) is 22.6 Å². The molecule has 0 bridgehead atoms. The number of amides is 1. The van der Waals surface area contributed by atoms with Crippen molar-refractivity contribution < 1.29 is 28.9 Å². The van der Waals surface area contributed by atoms with Gasteiger partial charge in [0.15, 0.2) is 0 Å². The number of carbonyl (C=O) groups is 2. The van der Waals surface area contributed by atoms with Gasteiger partial charge in [-0.05, 0) is 43.7 Å². The lowest BCUT2D eigenvalue weighted by Crippen LogP contribution is -2.31. The van der Waals surface area contributed by atoms with Gasteiger partial charge in [-0.3, -0.25) is 9.59 Å². The quantitative estimate of drug-likeness (QED) is 0.475. The first kappa shape index (κ1) is 23.9. The van der Waals surface area contributed by atoms with E-state index in [1.165, 1.54) is 31.4 Å². The first-order valence-electron chi connectivity index (χ1n) is 10.3. The normalized spacial score (nSPS) is 12.2. The number of benzene rings is 2. The highest BCUT2D eigenvalue weighted by Gasteiger charge is 2.23. The summed E-state index contributed by atoms with van der Waals surface area (Å²) in [5.41, 5.74) is 0.641. The minimum Gasteiger partial charge on any atom is -0.494 e. The molecule has 7 nitrogen and oxygen atoms in total. The smallest absolute Gasteiger partial charge is 0.305 e. The summed E-state index contributed by atoms with van der Waals surface area (Å²) >= 11 is 0. The van der Waals surface area contributed by atoms with Gasteiger partial charge in [0.05, 0.1) is 25.2 Å². The molecule has 172 valence electrons. The number of aliphatic hydroxyl groups is 1. The van der Waals surface area contributed by atoms with Crippen LogP contribution in [0.2, 0.25) is 0 Å². The summed E-state index contributed by atoms with van der Waals surface area (Å²) in [5, 5.41) is 22.2. The zero-order valence-corrected chi connectivity index (χ0v) is 18.5. The van der Waals surface area contributed by atoms with Crippen molar-refractivity contribution >= 4 is 11.9 Å². The second-order valence-electron chi connectivity index (χ2n) is 8.03. The van der Waals surface area contributed by atoms with Crippen LogP contribution in [0.3, 0.4) is 0 Å². The van der Waals surface area contributed by atoms with Crippen LogP contribution >= 0.6 is 0 Å². The Hall–Kier alpha value is -3.78. The van der Waals surface area contributed by atoms with Crippen LogP contribution in [0, 0.1) is 5.82 Å². The maximum absolute atomic E-state index is 14.3. The number of carboxylic acids is 1. The lowest BCUT2D eigenvalue weighted by Gasteiger charge is -2.20. The second-order valence-corrected chi connectivity index (χ2v) is 8.03. The van der Waals surface area contributed by atoms with Gasteiger partial charge in [0.2, 0.25) is 0 Å².